The summed E-state index contributed by atoms with van der Waals surface area (Å²) in [5, 5.41) is 0. The van der Waals surface area contributed by atoms with Gasteiger partial charge in [-0.05, 0) is 30.2 Å². The molecule has 15 heavy (non-hydrogen) atoms. The minimum atomic E-state index is -0.243. The van der Waals surface area contributed by atoms with Gasteiger partial charge in [-0.25, -0.2) is 4.39 Å². The van der Waals surface area contributed by atoms with Gasteiger partial charge in [0, 0.05) is 4.88 Å². The third-order valence-electron chi connectivity index (χ3n) is 2.25. The van der Waals surface area contributed by atoms with Crippen LogP contribution in [0.2, 0.25) is 4.34 Å². The van der Waals surface area contributed by atoms with Crippen LogP contribution in [-0.4, -0.2) is 0 Å². The standard InChI is InChI=1S/C11H9ClFNS/c1-6-9(14)11(12)15-10(6)7-2-4-8(13)5-3-7/h2-5H,14H2,1H3. The fourth-order valence-electron chi connectivity index (χ4n) is 1.37. The number of rotatable bonds is 1. The van der Waals surface area contributed by atoms with E-state index in [4.69, 9.17) is 17.3 Å². The number of benzene rings is 1. The molecule has 0 aliphatic carbocycles. The molecule has 1 aromatic heterocycles. The van der Waals surface area contributed by atoms with Crippen molar-refractivity contribution in [3.05, 3.63) is 40.0 Å². The van der Waals surface area contributed by atoms with Gasteiger partial charge < -0.3 is 5.73 Å². The predicted molar refractivity (Wildman–Crippen MR) is 63.9 cm³/mol. The van der Waals surface area contributed by atoms with E-state index < -0.39 is 0 Å². The highest BCUT2D eigenvalue weighted by atomic mass is 35.5. The lowest BCUT2D eigenvalue weighted by atomic mass is 10.1. The van der Waals surface area contributed by atoms with Crippen LogP contribution in [0.1, 0.15) is 5.56 Å². The molecule has 1 aromatic carbocycles. The van der Waals surface area contributed by atoms with Crippen LogP contribution in [0.15, 0.2) is 24.3 Å². The molecule has 0 saturated heterocycles. The lowest BCUT2D eigenvalue weighted by Gasteiger charge is -1.99. The average molecular weight is 242 g/mol. The Bertz CT molecular complexity index is 490. The Kier molecular flexibility index (Phi) is 2.67. The van der Waals surface area contributed by atoms with Crippen molar-refractivity contribution in [2.45, 2.75) is 6.92 Å². The van der Waals surface area contributed by atoms with E-state index in [1.54, 1.807) is 12.1 Å². The smallest absolute Gasteiger partial charge is 0.123 e. The fourth-order valence-corrected chi connectivity index (χ4v) is 2.70. The summed E-state index contributed by atoms with van der Waals surface area (Å²) in [4.78, 5) is 0.998. The molecule has 1 nitrogen and oxygen atoms in total. The second kappa shape index (κ2) is 3.83. The zero-order valence-electron chi connectivity index (χ0n) is 8.05. The summed E-state index contributed by atoms with van der Waals surface area (Å²) in [7, 11) is 0. The molecule has 0 saturated carbocycles. The zero-order valence-corrected chi connectivity index (χ0v) is 9.62. The van der Waals surface area contributed by atoms with E-state index in [0.717, 1.165) is 16.0 Å². The Morgan fingerprint density at radius 3 is 2.33 bits per heavy atom. The van der Waals surface area contributed by atoms with Gasteiger partial charge in [-0.15, -0.1) is 11.3 Å². The maximum atomic E-state index is 12.7. The summed E-state index contributed by atoms with van der Waals surface area (Å²) >= 11 is 7.35. The van der Waals surface area contributed by atoms with Gasteiger partial charge in [-0.2, -0.15) is 0 Å². The molecule has 2 N–H and O–H groups in total. The molecule has 2 rings (SSSR count). The Labute approximate surface area is 96.3 Å². The normalized spacial score (nSPS) is 10.6. The minimum Gasteiger partial charge on any atom is -0.397 e. The summed E-state index contributed by atoms with van der Waals surface area (Å²) in [5.74, 6) is -0.243. The highest BCUT2D eigenvalue weighted by molar-refractivity contribution is 7.20. The van der Waals surface area contributed by atoms with Gasteiger partial charge in [-0.1, -0.05) is 23.7 Å². The number of hydrogen-bond donors (Lipinski definition) is 1. The Morgan fingerprint density at radius 2 is 1.87 bits per heavy atom. The molecular formula is C11H9ClFNS. The van der Waals surface area contributed by atoms with Crippen LogP contribution in [0.25, 0.3) is 10.4 Å². The number of halogens is 2. The van der Waals surface area contributed by atoms with Gasteiger partial charge in [0.2, 0.25) is 0 Å². The van der Waals surface area contributed by atoms with Gasteiger partial charge in [0.05, 0.1) is 5.69 Å². The van der Waals surface area contributed by atoms with Crippen LogP contribution in [0.5, 0.6) is 0 Å². The van der Waals surface area contributed by atoms with Crippen LogP contribution in [0, 0.1) is 12.7 Å². The molecule has 4 heteroatoms. The minimum absolute atomic E-state index is 0.243. The Hall–Kier alpha value is -1.06. The molecule has 0 spiro atoms. The summed E-state index contributed by atoms with van der Waals surface area (Å²) in [5.41, 5.74) is 8.28. The first-order valence-corrected chi connectivity index (χ1v) is 5.59. The fraction of sp³-hybridized carbons (Fsp3) is 0.0909. The number of nitrogen functional groups attached to an aromatic ring is 1. The number of thiophene rings is 1. The molecular weight excluding hydrogens is 233 g/mol. The van der Waals surface area contributed by atoms with Gasteiger partial charge in [-0.3, -0.25) is 0 Å². The maximum Gasteiger partial charge on any atom is 0.123 e. The first-order valence-electron chi connectivity index (χ1n) is 4.40. The van der Waals surface area contributed by atoms with Crippen LogP contribution in [0.4, 0.5) is 10.1 Å². The number of anilines is 1. The first kappa shape index (κ1) is 10.5. The summed E-state index contributed by atoms with van der Waals surface area (Å²) < 4.78 is 13.3. The molecule has 0 radical (unpaired) electrons. The van der Waals surface area contributed by atoms with Crippen molar-refractivity contribution in [3.8, 4) is 10.4 Å². The highest BCUT2D eigenvalue weighted by Gasteiger charge is 2.12. The Balaban J connectivity index is 2.54. The lowest BCUT2D eigenvalue weighted by Crippen LogP contribution is -1.85. The van der Waals surface area contributed by atoms with E-state index in [9.17, 15) is 4.39 Å². The lowest BCUT2D eigenvalue weighted by molar-refractivity contribution is 0.628. The van der Waals surface area contributed by atoms with Crippen molar-refractivity contribution in [2.75, 3.05) is 5.73 Å². The molecule has 78 valence electrons. The van der Waals surface area contributed by atoms with Crippen LogP contribution < -0.4 is 5.73 Å². The maximum absolute atomic E-state index is 12.7. The first-order chi connectivity index (χ1) is 7.09. The monoisotopic (exact) mass is 241 g/mol. The van der Waals surface area contributed by atoms with Crippen LogP contribution in [0.3, 0.4) is 0 Å². The third-order valence-corrected chi connectivity index (χ3v) is 3.83. The largest absolute Gasteiger partial charge is 0.397 e. The van der Waals surface area contributed by atoms with Crippen molar-refractivity contribution < 1.29 is 4.39 Å². The van der Waals surface area contributed by atoms with Crippen molar-refractivity contribution in [2.24, 2.45) is 0 Å². The molecule has 0 unspecified atom stereocenters. The van der Waals surface area contributed by atoms with Gasteiger partial charge in [0.25, 0.3) is 0 Å². The number of hydrogen-bond acceptors (Lipinski definition) is 2. The third kappa shape index (κ3) is 1.85. The van der Waals surface area contributed by atoms with E-state index in [-0.39, 0.29) is 5.82 Å². The second-order valence-corrected chi connectivity index (χ2v) is 4.87. The van der Waals surface area contributed by atoms with E-state index in [2.05, 4.69) is 0 Å². The van der Waals surface area contributed by atoms with E-state index in [1.165, 1.54) is 23.5 Å². The average Bonchev–Trinajstić information content (AvgIpc) is 2.47. The van der Waals surface area contributed by atoms with Crippen molar-refractivity contribution in [1.82, 2.24) is 0 Å². The quantitative estimate of drug-likeness (QED) is 0.799. The van der Waals surface area contributed by atoms with Crippen LogP contribution in [-0.2, 0) is 0 Å². The molecule has 2 aromatic rings. The highest BCUT2D eigenvalue weighted by Crippen LogP contribution is 2.40. The molecule has 1 heterocycles. The SMILES string of the molecule is Cc1c(-c2ccc(F)cc2)sc(Cl)c1N. The molecule has 0 fully saturated rings. The summed E-state index contributed by atoms with van der Waals surface area (Å²) in [6.45, 7) is 1.91. The van der Waals surface area contributed by atoms with Crippen molar-refractivity contribution in [3.63, 3.8) is 0 Å². The molecule has 0 bridgehead atoms. The topological polar surface area (TPSA) is 26.0 Å². The molecule has 0 amide bonds. The van der Waals surface area contributed by atoms with E-state index >= 15 is 0 Å². The molecule has 0 atom stereocenters. The van der Waals surface area contributed by atoms with Gasteiger partial charge in [0.1, 0.15) is 10.2 Å². The Morgan fingerprint density at radius 1 is 1.27 bits per heavy atom. The summed E-state index contributed by atoms with van der Waals surface area (Å²) in [6, 6.07) is 6.31. The number of nitrogens with two attached hydrogens (primary N) is 1. The van der Waals surface area contributed by atoms with E-state index in [0.29, 0.717) is 10.0 Å². The molecule has 0 aliphatic rings. The van der Waals surface area contributed by atoms with Crippen LogP contribution >= 0.6 is 22.9 Å². The zero-order chi connectivity index (χ0) is 11.0. The van der Waals surface area contributed by atoms with Gasteiger partial charge in [0.15, 0.2) is 0 Å². The van der Waals surface area contributed by atoms with Crippen molar-refractivity contribution >= 4 is 28.6 Å². The van der Waals surface area contributed by atoms with Crippen molar-refractivity contribution in [1.29, 1.82) is 0 Å². The summed E-state index contributed by atoms with van der Waals surface area (Å²) in [6.07, 6.45) is 0. The van der Waals surface area contributed by atoms with E-state index in [1.807, 2.05) is 6.92 Å². The second-order valence-electron chi connectivity index (χ2n) is 3.25. The molecule has 0 aliphatic heterocycles. The van der Waals surface area contributed by atoms with Gasteiger partial charge >= 0.3 is 0 Å². The predicted octanol–water partition coefficient (Wildman–Crippen LogP) is 4.10.